The quantitative estimate of drug-likeness (QED) is 0.783. The predicted octanol–water partition coefficient (Wildman–Crippen LogP) is 3.89. The third-order valence-corrected chi connectivity index (χ3v) is 4.90. The highest BCUT2D eigenvalue weighted by Crippen LogP contribution is 2.33. The standard InChI is InChI=1S/C22H20N2O2/c1-24(2)22(26)16-6-3-7-17(13-16)23-21(25)19-12-11-15-10-9-14-5-4-8-18(19)20(14)15/h3-8,11-13H,9-10H2,1-2H3,(H,23,25). The Labute approximate surface area is 152 Å². The summed E-state index contributed by atoms with van der Waals surface area (Å²) < 4.78 is 0. The molecule has 3 aromatic rings. The molecule has 4 heteroatoms. The van der Waals surface area contributed by atoms with Gasteiger partial charge >= 0.3 is 0 Å². The first-order valence-corrected chi connectivity index (χ1v) is 8.71. The monoisotopic (exact) mass is 344 g/mol. The van der Waals surface area contributed by atoms with E-state index in [1.54, 1.807) is 38.4 Å². The van der Waals surface area contributed by atoms with Gasteiger partial charge in [0.1, 0.15) is 0 Å². The molecule has 0 heterocycles. The predicted molar refractivity (Wildman–Crippen MR) is 104 cm³/mol. The molecule has 3 aromatic carbocycles. The van der Waals surface area contributed by atoms with Gasteiger partial charge in [0.15, 0.2) is 0 Å². The van der Waals surface area contributed by atoms with E-state index in [1.165, 1.54) is 21.4 Å². The van der Waals surface area contributed by atoms with Gasteiger partial charge in [-0.05, 0) is 59.0 Å². The summed E-state index contributed by atoms with van der Waals surface area (Å²) in [4.78, 5) is 26.5. The minimum atomic E-state index is -0.157. The summed E-state index contributed by atoms with van der Waals surface area (Å²) >= 11 is 0. The SMILES string of the molecule is CN(C)C(=O)c1cccc(NC(=O)c2ccc3c4c(cccc24)CC3)c1. The molecule has 2 amide bonds. The lowest BCUT2D eigenvalue weighted by molar-refractivity contribution is 0.0827. The van der Waals surface area contributed by atoms with Crippen molar-refractivity contribution in [3.63, 3.8) is 0 Å². The maximum atomic E-state index is 12.9. The zero-order valence-corrected chi connectivity index (χ0v) is 14.9. The second-order valence-corrected chi connectivity index (χ2v) is 6.85. The van der Waals surface area contributed by atoms with E-state index >= 15 is 0 Å². The Kier molecular flexibility index (Phi) is 3.96. The highest BCUT2D eigenvalue weighted by atomic mass is 16.2. The summed E-state index contributed by atoms with van der Waals surface area (Å²) in [7, 11) is 3.42. The van der Waals surface area contributed by atoms with Crippen molar-refractivity contribution >= 4 is 28.3 Å². The zero-order valence-electron chi connectivity index (χ0n) is 14.9. The maximum Gasteiger partial charge on any atom is 0.256 e. The van der Waals surface area contributed by atoms with Gasteiger partial charge in [0.05, 0.1) is 0 Å². The summed E-state index contributed by atoms with van der Waals surface area (Å²) in [5.41, 5.74) is 4.45. The van der Waals surface area contributed by atoms with Crippen molar-refractivity contribution in [3.8, 4) is 0 Å². The third kappa shape index (κ3) is 2.73. The molecular weight excluding hydrogens is 324 g/mol. The van der Waals surface area contributed by atoms with Gasteiger partial charge in [0.2, 0.25) is 0 Å². The molecule has 130 valence electrons. The van der Waals surface area contributed by atoms with Crippen molar-refractivity contribution < 1.29 is 9.59 Å². The fraction of sp³-hybridized carbons (Fsp3) is 0.182. The normalized spacial score (nSPS) is 12.2. The fourth-order valence-corrected chi connectivity index (χ4v) is 3.63. The molecular formula is C22H20N2O2. The molecule has 4 rings (SSSR count). The van der Waals surface area contributed by atoms with E-state index in [0.717, 1.165) is 18.2 Å². The minimum Gasteiger partial charge on any atom is -0.345 e. The van der Waals surface area contributed by atoms with Crippen LogP contribution in [0.2, 0.25) is 0 Å². The lowest BCUT2D eigenvalue weighted by Crippen LogP contribution is -2.22. The van der Waals surface area contributed by atoms with Crippen LogP contribution in [0.15, 0.2) is 54.6 Å². The van der Waals surface area contributed by atoms with E-state index in [4.69, 9.17) is 0 Å². The van der Waals surface area contributed by atoms with Crippen molar-refractivity contribution in [3.05, 3.63) is 76.9 Å². The van der Waals surface area contributed by atoms with Crippen LogP contribution in [-0.2, 0) is 12.8 Å². The summed E-state index contributed by atoms with van der Waals surface area (Å²) in [5, 5.41) is 5.15. The fourth-order valence-electron chi connectivity index (χ4n) is 3.63. The number of aryl methyl sites for hydroxylation is 2. The van der Waals surface area contributed by atoms with E-state index < -0.39 is 0 Å². The molecule has 0 radical (unpaired) electrons. The molecule has 1 aliphatic carbocycles. The van der Waals surface area contributed by atoms with E-state index in [2.05, 4.69) is 17.4 Å². The Bertz CT molecular complexity index is 1030. The smallest absolute Gasteiger partial charge is 0.256 e. The number of hydrogen-bond acceptors (Lipinski definition) is 2. The van der Waals surface area contributed by atoms with Gasteiger partial charge in [-0.15, -0.1) is 0 Å². The lowest BCUT2D eigenvalue weighted by atomic mass is 9.99. The van der Waals surface area contributed by atoms with Crippen LogP contribution in [-0.4, -0.2) is 30.8 Å². The minimum absolute atomic E-state index is 0.0913. The largest absolute Gasteiger partial charge is 0.345 e. The van der Waals surface area contributed by atoms with Gasteiger partial charge < -0.3 is 10.2 Å². The van der Waals surface area contributed by atoms with Crippen molar-refractivity contribution in [1.82, 2.24) is 4.90 Å². The number of carbonyl (C=O) groups excluding carboxylic acids is 2. The van der Waals surface area contributed by atoms with E-state index in [9.17, 15) is 9.59 Å². The Morgan fingerprint density at radius 3 is 2.42 bits per heavy atom. The Balaban J connectivity index is 1.67. The zero-order chi connectivity index (χ0) is 18.3. The molecule has 0 spiro atoms. The molecule has 0 saturated carbocycles. The summed E-state index contributed by atoms with van der Waals surface area (Å²) in [5.74, 6) is -0.249. The number of carbonyl (C=O) groups is 2. The summed E-state index contributed by atoms with van der Waals surface area (Å²) in [6.45, 7) is 0. The molecule has 1 N–H and O–H groups in total. The molecule has 4 nitrogen and oxygen atoms in total. The Morgan fingerprint density at radius 1 is 0.923 bits per heavy atom. The average Bonchev–Trinajstić information content (AvgIpc) is 3.06. The average molecular weight is 344 g/mol. The van der Waals surface area contributed by atoms with Gasteiger partial charge in [-0.3, -0.25) is 9.59 Å². The number of hydrogen-bond donors (Lipinski definition) is 1. The van der Waals surface area contributed by atoms with Crippen molar-refractivity contribution in [2.24, 2.45) is 0 Å². The first kappa shape index (κ1) is 16.3. The molecule has 0 atom stereocenters. The second kappa shape index (κ2) is 6.30. The number of benzene rings is 3. The second-order valence-electron chi connectivity index (χ2n) is 6.85. The van der Waals surface area contributed by atoms with Crippen molar-refractivity contribution in [1.29, 1.82) is 0 Å². The Morgan fingerprint density at radius 2 is 1.65 bits per heavy atom. The van der Waals surface area contributed by atoms with Gasteiger partial charge in [-0.25, -0.2) is 0 Å². The van der Waals surface area contributed by atoms with Crippen molar-refractivity contribution in [2.75, 3.05) is 19.4 Å². The Hall–Kier alpha value is -3.14. The van der Waals surface area contributed by atoms with Crippen LogP contribution in [0.25, 0.3) is 10.8 Å². The third-order valence-electron chi connectivity index (χ3n) is 4.90. The molecule has 26 heavy (non-hydrogen) atoms. The van der Waals surface area contributed by atoms with Crippen LogP contribution < -0.4 is 5.32 Å². The van der Waals surface area contributed by atoms with Crippen LogP contribution >= 0.6 is 0 Å². The highest BCUT2D eigenvalue weighted by Gasteiger charge is 2.19. The first-order chi connectivity index (χ1) is 12.5. The van der Waals surface area contributed by atoms with Crippen molar-refractivity contribution in [2.45, 2.75) is 12.8 Å². The van der Waals surface area contributed by atoms with E-state index in [1.807, 2.05) is 18.2 Å². The number of amides is 2. The molecule has 0 aliphatic heterocycles. The van der Waals surface area contributed by atoms with Gasteiger partial charge in [0.25, 0.3) is 11.8 Å². The molecule has 0 saturated heterocycles. The van der Waals surface area contributed by atoms with Crippen LogP contribution in [0.3, 0.4) is 0 Å². The van der Waals surface area contributed by atoms with Crippen LogP contribution in [0.4, 0.5) is 5.69 Å². The van der Waals surface area contributed by atoms with Gasteiger partial charge in [0, 0.05) is 30.9 Å². The van der Waals surface area contributed by atoms with E-state index in [-0.39, 0.29) is 11.8 Å². The highest BCUT2D eigenvalue weighted by molar-refractivity contribution is 6.14. The number of rotatable bonds is 3. The van der Waals surface area contributed by atoms with Crippen LogP contribution in [0, 0.1) is 0 Å². The number of anilines is 1. The molecule has 0 unspecified atom stereocenters. The van der Waals surface area contributed by atoms with E-state index in [0.29, 0.717) is 16.8 Å². The topological polar surface area (TPSA) is 49.4 Å². The first-order valence-electron chi connectivity index (χ1n) is 8.71. The summed E-state index contributed by atoms with van der Waals surface area (Å²) in [6, 6.07) is 17.1. The van der Waals surface area contributed by atoms with Gasteiger partial charge in [-0.2, -0.15) is 0 Å². The number of nitrogens with zero attached hydrogens (tertiary/aromatic N) is 1. The van der Waals surface area contributed by atoms with Gasteiger partial charge in [-0.1, -0.05) is 30.3 Å². The summed E-state index contributed by atoms with van der Waals surface area (Å²) in [6.07, 6.45) is 2.07. The molecule has 0 aromatic heterocycles. The maximum absolute atomic E-state index is 12.9. The lowest BCUT2D eigenvalue weighted by Gasteiger charge is -2.13. The van der Waals surface area contributed by atoms with Crippen LogP contribution in [0.1, 0.15) is 31.8 Å². The van der Waals surface area contributed by atoms with Crippen LogP contribution in [0.5, 0.6) is 0 Å². The molecule has 0 fully saturated rings. The molecule has 0 bridgehead atoms. The molecule has 1 aliphatic rings. The number of nitrogens with one attached hydrogen (secondary N) is 1.